The van der Waals surface area contributed by atoms with Crippen LogP contribution in [0, 0.1) is 29.1 Å². The van der Waals surface area contributed by atoms with E-state index in [-0.39, 0.29) is 17.5 Å². The molecule has 0 aliphatic heterocycles. The average molecular weight is 250 g/mol. The lowest BCUT2D eigenvalue weighted by molar-refractivity contribution is -0.162. The van der Waals surface area contributed by atoms with E-state index in [0.717, 1.165) is 18.3 Å². The van der Waals surface area contributed by atoms with Crippen molar-refractivity contribution in [3.05, 3.63) is 0 Å². The molecule has 0 N–H and O–H groups in total. The Labute approximate surface area is 110 Å². The minimum atomic E-state index is -0.308. The maximum atomic E-state index is 12.3. The first-order chi connectivity index (χ1) is 8.54. The molecule has 3 aliphatic rings. The van der Waals surface area contributed by atoms with E-state index in [1.807, 2.05) is 13.8 Å². The Morgan fingerprint density at radius 3 is 2.11 bits per heavy atom. The van der Waals surface area contributed by atoms with Crippen LogP contribution in [0.25, 0.3) is 0 Å². The summed E-state index contributed by atoms with van der Waals surface area (Å²) in [6.45, 7) is 6.08. The fourth-order valence-corrected chi connectivity index (χ4v) is 4.63. The minimum absolute atomic E-state index is 0.0341. The molecule has 2 nitrogen and oxygen atoms in total. The maximum absolute atomic E-state index is 12.3. The zero-order chi connectivity index (χ0) is 12.9. The van der Waals surface area contributed by atoms with Crippen LogP contribution in [0.15, 0.2) is 0 Å². The number of carbonyl (C=O) groups excluding carboxylic acids is 1. The van der Waals surface area contributed by atoms with Crippen LogP contribution in [0.1, 0.15) is 59.3 Å². The molecule has 2 bridgehead atoms. The Kier molecular flexibility index (Phi) is 2.95. The van der Waals surface area contributed by atoms with Gasteiger partial charge in [-0.25, -0.2) is 0 Å². The summed E-state index contributed by atoms with van der Waals surface area (Å²) in [4.78, 5) is 12.3. The third kappa shape index (κ3) is 1.71. The van der Waals surface area contributed by atoms with Crippen molar-refractivity contribution in [1.29, 1.82) is 0 Å². The van der Waals surface area contributed by atoms with Gasteiger partial charge in [0, 0.05) is 0 Å². The summed E-state index contributed by atoms with van der Waals surface area (Å²) in [5, 5.41) is 0. The first-order valence-electron chi connectivity index (χ1n) is 7.75. The predicted molar refractivity (Wildman–Crippen MR) is 71.0 cm³/mol. The third-order valence-electron chi connectivity index (χ3n) is 6.08. The predicted octanol–water partition coefficient (Wildman–Crippen LogP) is 3.79. The lowest BCUT2D eigenvalue weighted by Gasteiger charge is -2.26. The Bertz CT molecular complexity index is 329. The third-order valence-corrected chi connectivity index (χ3v) is 6.08. The molecule has 4 unspecified atom stereocenters. The fourth-order valence-electron chi connectivity index (χ4n) is 4.63. The number of hydrogen-bond acceptors (Lipinski definition) is 2. The van der Waals surface area contributed by atoms with Crippen molar-refractivity contribution in [2.24, 2.45) is 29.1 Å². The Morgan fingerprint density at radius 2 is 1.61 bits per heavy atom. The second-order valence-corrected chi connectivity index (χ2v) is 7.27. The summed E-state index contributed by atoms with van der Waals surface area (Å²) in [5.74, 6) is 3.18. The van der Waals surface area contributed by atoms with E-state index < -0.39 is 0 Å². The second-order valence-electron chi connectivity index (χ2n) is 7.27. The van der Waals surface area contributed by atoms with Crippen molar-refractivity contribution in [2.45, 2.75) is 65.4 Å². The normalized spacial score (nSPS) is 42.1. The molecule has 102 valence electrons. The van der Waals surface area contributed by atoms with E-state index in [9.17, 15) is 4.79 Å². The van der Waals surface area contributed by atoms with Gasteiger partial charge in [-0.05, 0) is 69.6 Å². The molecule has 0 heterocycles. The van der Waals surface area contributed by atoms with Crippen molar-refractivity contribution in [3.8, 4) is 0 Å². The van der Waals surface area contributed by atoms with Crippen molar-refractivity contribution in [3.63, 3.8) is 0 Å². The van der Waals surface area contributed by atoms with E-state index in [2.05, 4.69) is 6.92 Å². The Hall–Kier alpha value is -0.530. The molecule has 3 fully saturated rings. The lowest BCUT2D eigenvalue weighted by atomic mass is 9.82. The SMILES string of the molecule is CCC(C)(C)C(=O)OC1C2CCC1C1CCCC12. The van der Waals surface area contributed by atoms with E-state index in [4.69, 9.17) is 4.74 Å². The van der Waals surface area contributed by atoms with E-state index >= 15 is 0 Å². The summed E-state index contributed by atoms with van der Waals surface area (Å²) in [5.41, 5.74) is -0.308. The zero-order valence-corrected chi connectivity index (χ0v) is 11.9. The van der Waals surface area contributed by atoms with Gasteiger partial charge in [-0.15, -0.1) is 0 Å². The topological polar surface area (TPSA) is 26.3 Å². The standard InChI is InChI=1S/C16H26O2/c1-4-16(2,3)15(17)18-14-12-8-9-13(14)11-7-5-6-10(11)12/h10-14H,4-9H2,1-3H3. The fraction of sp³-hybridized carbons (Fsp3) is 0.938. The maximum Gasteiger partial charge on any atom is 0.311 e. The monoisotopic (exact) mass is 250 g/mol. The smallest absolute Gasteiger partial charge is 0.311 e. The molecule has 0 amide bonds. The van der Waals surface area contributed by atoms with E-state index in [1.165, 1.54) is 32.1 Å². The molecule has 0 radical (unpaired) electrons. The molecule has 0 aromatic carbocycles. The molecule has 0 spiro atoms. The van der Waals surface area contributed by atoms with Crippen LogP contribution in [-0.4, -0.2) is 12.1 Å². The molecule has 0 saturated heterocycles. The molecule has 2 heteroatoms. The van der Waals surface area contributed by atoms with Gasteiger partial charge in [-0.3, -0.25) is 4.79 Å². The van der Waals surface area contributed by atoms with Crippen LogP contribution >= 0.6 is 0 Å². The van der Waals surface area contributed by atoms with Gasteiger partial charge in [0.05, 0.1) is 5.41 Å². The molecular weight excluding hydrogens is 224 g/mol. The first-order valence-corrected chi connectivity index (χ1v) is 7.75. The molecule has 0 aromatic rings. The Balaban J connectivity index is 1.70. The highest BCUT2D eigenvalue weighted by Crippen LogP contribution is 2.59. The Morgan fingerprint density at radius 1 is 1.06 bits per heavy atom. The number of esters is 1. The van der Waals surface area contributed by atoms with E-state index in [0.29, 0.717) is 11.8 Å². The number of carbonyl (C=O) groups is 1. The first kappa shape index (κ1) is 12.5. The van der Waals surface area contributed by atoms with Gasteiger partial charge in [0.25, 0.3) is 0 Å². The highest BCUT2D eigenvalue weighted by atomic mass is 16.5. The molecule has 18 heavy (non-hydrogen) atoms. The summed E-state index contributed by atoms with van der Waals surface area (Å²) >= 11 is 0. The zero-order valence-electron chi connectivity index (χ0n) is 11.9. The largest absolute Gasteiger partial charge is 0.461 e. The molecule has 3 rings (SSSR count). The van der Waals surface area contributed by atoms with Gasteiger partial charge in [0.15, 0.2) is 0 Å². The quantitative estimate of drug-likeness (QED) is 0.712. The van der Waals surface area contributed by atoms with Crippen molar-refractivity contribution < 1.29 is 9.53 Å². The van der Waals surface area contributed by atoms with E-state index in [1.54, 1.807) is 0 Å². The van der Waals surface area contributed by atoms with Gasteiger partial charge < -0.3 is 4.74 Å². The number of rotatable bonds is 3. The van der Waals surface area contributed by atoms with Crippen LogP contribution in [0.3, 0.4) is 0 Å². The van der Waals surface area contributed by atoms with Crippen LogP contribution in [0.2, 0.25) is 0 Å². The van der Waals surface area contributed by atoms with Crippen molar-refractivity contribution in [1.82, 2.24) is 0 Å². The number of hydrogen-bond donors (Lipinski definition) is 0. The number of ether oxygens (including phenoxy) is 1. The summed E-state index contributed by atoms with van der Waals surface area (Å²) in [6, 6.07) is 0. The summed E-state index contributed by atoms with van der Waals surface area (Å²) in [6.07, 6.45) is 7.91. The molecule has 3 aliphatic carbocycles. The molecule has 3 saturated carbocycles. The molecular formula is C16H26O2. The highest BCUT2D eigenvalue weighted by Gasteiger charge is 2.57. The van der Waals surface area contributed by atoms with Gasteiger partial charge in [-0.2, -0.15) is 0 Å². The van der Waals surface area contributed by atoms with Gasteiger partial charge in [0.1, 0.15) is 6.10 Å². The van der Waals surface area contributed by atoms with Crippen molar-refractivity contribution in [2.75, 3.05) is 0 Å². The second kappa shape index (κ2) is 4.25. The van der Waals surface area contributed by atoms with Crippen molar-refractivity contribution >= 4 is 5.97 Å². The number of fused-ring (bicyclic) bond motifs is 5. The lowest BCUT2D eigenvalue weighted by Crippen LogP contribution is -2.33. The summed E-state index contributed by atoms with van der Waals surface area (Å²) < 4.78 is 5.95. The van der Waals surface area contributed by atoms with Gasteiger partial charge in [-0.1, -0.05) is 13.3 Å². The van der Waals surface area contributed by atoms with Crippen LogP contribution in [0.4, 0.5) is 0 Å². The van der Waals surface area contributed by atoms with Gasteiger partial charge >= 0.3 is 5.97 Å². The molecule has 0 aromatic heterocycles. The van der Waals surface area contributed by atoms with Crippen LogP contribution < -0.4 is 0 Å². The average Bonchev–Trinajstić information content (AvgIpc) is 3.00. The van der Waals surface area contributed by atoms with Gasteiger partial charge in [0.2, 0.25) is 0 Å². The van der Waals surface area contributed by atoms with Crippen LogP contribution in [0.5, 0.6) is 0 Å². The molecule has 4 atom stereocenters. The highest BCUT2D eigenvalue weighted by molar-refractivity contribution is 5.76. The van der Waals surface area contributed by atoms with Crippen LogP contribution in [-0.2, 0) is 9.53 Å². The minimum Gasteiger partial charge on any atom is -0.461 e. The summed E-state index contributed by atoms with van der Waals surface area (Å²) in [7, 11) is 0.